The zero-order valence-corrected chi connectivity index (χ0v) is 10.2. The van der Waals surface area contributed by atoms with Crippen LogP contribution in [-0.2, 0) is 0 Å². The van der Waals surface area contributed by atoms with Crippen molar-refractivity contribution in [2.45, 2.75) is 41.7 Å². The summed E-state index contributed by atoms with van der Waals surface area (Å²) >= 11 is 3.73. The second-order valence-electron chi connectivity index (χ2n) is 3.97. The Morgan fingerprint density at radius 3 is 3.07 bits per heavy atom. The molecular formula is C9H17N3OS2. The second-order valence-corrected chi connectivity index (χ2v) is 6.71. The highest BCUT2D eigenvalue weighted by Crippen LogP contribution is 2.40. The maximum Gasteiger partial charge on any atom is 0.149 e. The second kappa shape index (κ2) is 5.32. The summed E-state index contributed by atoms with van der Waals surface area (Å²) in [4.78, 5) is 0. The van der Waals surface area contributed by atoms with E-state index < -0.39 is 0 Å². The summed E-state index contributed by atoms with van der Waals surface area (Å²) in [5, 5.41) is 15.8. The number of nitrogens with one attached hydrogen (secondary N) is 1. The molecule has 0 spiro atoms. The highest BCUT2D eigenvalue weighted by Gasteiger charge is 2.35. The lowest BCUT2D eigenvalue weighted by atomic mass is 9.95. The Bertz CT molecular complexity index is 236. The molecule has 1 aliphatic heterocycles. The third-order valence-electron chi connectivity index (χ3n) is 2.86. The van der Waals surface area contributed by atoms with Crippen LogP contribution in [0.5, 0.6) is 0 Å². The molecule has 1 heterocycles. The van der Waals surface area contributed by atoms with E-state index >= 15 is 0 Å². The van der Waals surface area contributed by atoms with Gasteiger partial charge in [0.1, 0.15) is 10.5 Å². The molecule has 0 aromatic rings. The van der Waals surface area contributed by atoms with Crippen LogP contribution in [-0.4, -0.2) is 32.8 Å². The zero-order valence-electron chi connectivity index (χ0n) is 8.56. The molecule has 1 aliphatic carbocycles. The van der Waals surface area contributed by atoms with Gasteiger partial charge < -0.3 is 10.9 Å². The Kier molecular flexibility index (Phi) is 4.05. The molecule has 0 aromatic carbocycles. The number of hydrogen-bond donors (Lipinski definition) is 3. The molecule has 2 fully saturated rings. The van der Waals surface area contributed by atoms with Gasteiger partial charge in [-0.05, 0) is 12.8 Å². The molecule has 15 heavy (non-hydrogen) atoms. The largest absolute Gasteiger partial charge is 0.409 e. The Balaban J connectivity index is 1.76. The van der Waals surface area contributed by atoms with Crippen LogP contribution in [0.2, 0.25) is 0 Å². The summed E-state index contributed by atoms with van der Waals surface area (Å²) in [6.07, 6.45) is 5.36. The van der Waals surface area contributed by atoms with Crippen molar-refractivity contribution >= 4 is 29.4 Å². The summed E-state index contributed by atoms with van der Waals surface area (Å²) in [5.41, 5.74) is 5.44. The van der Waals surface area contributed by atoms with Crippen molar-refractivity contribution < 1.29 is 5.21 Å². The Morgan fingerprint density at radius 1 is 1.53 bits per heavy atom. The lowest BCUT2D eigenvalue weighted by Gasteiger charge is -2.23. The lowest BCUT2D eigenvalue weighted by Crippen LogP contribution is -2.34. The Hall–Kier alpha value is -0.0700. The van der Waals surface area contributed by atoms with Crippen molar-refractivity contribution in [3.63, 3.8) is 0 Å². The predicted molar refractivity (Wildman–Crippen MR) is 66.4 cm³/mol. The standard InChI is InChI=1S/C9H17N3OS2/c10-8(12-13)5-14-9-11-6-3-1-2-4-7(6)15-9/h6-7,9,11,13H,1-5H2,(H2,10,12). The number of oxime groups is 1. The molecule has 3 unspecified atom stereocenters. The first-order chi connectivity index (χ1) is 7.29. The van der Waals surface area contributed by atoms with Crippen molar-refractivity contribution in [2.75, 3.05) is 5.75 Å². The average Bonchev–Trinajstić information content (AvgIpc) is 2.68. The molecule has 6 heteroatoms. The fourth-order valence-electron chi connectivity index (χ4n) is 2.10. The third kappa shape index (κ3) is 2.95. The number of amidine groups is 1. The minimum absolute atomic E-state index is 0.303. The van der Waals surface area contributed by atoms with E-state index in [9.17, 15) is 0 Å². The normalized spacial score (nSPS) is 36.5. The van der Waals surface area contributed by atoms with Crippen molar-refractivity contribution in [3.05, 3.63) is 0 Å². The van der Waals surface area contributed by atoms with E-state index in [0.29, 0.717) is 22.3 Å². The van der Waals surface area contributed by atoms with Crippen molar-refractivity contribution in [1.82, 2.24) is 5.32 Å². The monoisotopic (exact) mass is 247 g/mol. The van der Waals surface area contributed by atoms with Crippen molar-refractivity contribution in [2.24, 2.45) is 10.9 Å². The van der Waals surface area contributed by atoms with Crippen molar-refractivity contribution in [3.8, 4) is 0 Å². The van der Waals surface area contributed by atoms with Gasteiger partial charge in [0, 0.05) is 11.3 Å². The van der Waals surface area contributed by atoms with Crippen LogP contribution in [0.25, 0.3) is 0 Å². The van der Waals surface area contributed by atoms with E-state index in [1.165, 1.54) is 25.7 Å². The number of nitrogens with two attached hydrogens (primary N) is 1. The van der Waals surface area contributed by atoms with Gasteiger partial charge in [0.15, 0.2) is 0 Å². The van der Waals surface area contributed by atoms with Gasteiger partial charge >= 0.3 is 0 Å². The summed E-state index contributed by atoms with van der Waals surface area (Å²) in [7, 11) is 0. The molecule has 4 nitrogen and oxygen atoms in total. The molecule has 3 atom stereocenters. The first kappa shape index (κ1) is 11.4. The Labute approximate surface area is 98.4 Å². The number of thioether (sulfide) groups is 2. The molecule has 1 saturated heterocycles. The zero-order chi connectivity index (χ0) is 10.7. The third-order valence-corrected chi connectivity index (χ3v) is 5.80. The van der Waals surface area contributed by atoms with E-state index in [-0.39, 0.29) is 0 Å². The van der Waals surface area contributed by atoms with E-state index in [0.717, 1.165) is 5.25 Å². The van der Waals surface area contributed by atoms with Gasteiger partial charge in [-0.1, -0.05) is 18.0 Å². The van der Waals surface area contributed by atoms with Crippen LogP contribution >= 0.6 is 23.5 Å². The van der Waals surface area contributed by atoms with Gasteiger partial charge in [0.2, 0.25) is 0 Å². The first-order valence-electron chi connectivity index (χ1n) is 5.29. The topological polar surface area (TPSA) is 70.6 Å². The summed E-state index contributed by atoms with van der Waals surface area (Å²) in [6.45, 7) is 0. The maximum absolute atomic E-state index is 8.44. The van der Waals surface area contributed by atoms with E-state index in [4.69, 9.17) is 10.9 Å². The molecule has 1 saturated carbocycles. The molecular weight excluding hydrogens is 230 g/mol. The van der Waals surface area contributed by atoms with E-state index in [1.54, 1.807) is 11.8 Å². The highest BCUT2D eigenvalue weighted by molar-refractivity contribution is 8.17. The quantitative estimate of drug-likeness (QED) is 0.304. The predicted octanol–water partition coefficient (Wildman–Crippen LogP) is 1.40. The van der Waals surface area contributed by atoms with E-state index in [1.807, 2.05) is 11.8 Å². The smallest absolute Gasteiger partial charge is 0.149 e. The number of hydrogen-bond acceptors (Lipinski definition) is 5. The summed E-state index contributed by atoms with van der Waals surface area (Å²) in [5.74, 6) is 0.901. The molecule has 0 radical (unpaired) electrons. The molecule has 0 amide bonds. The van der Waals surface area contributed by atoms with Crippen LogP contribution in [0.1, 0.15) is 25.7 Å². The maximum atomic E-state index is 8.44. The molecule has 2 aliphatic rings. The van der Waals surface area contributed by atoms with Gasteiger partial charge in [-0.3, -0.25) is 5.32 Å². The molecule has 4 N–H and O–H groups in total. The van der Waals surface area contributed by atoms with Crippen LogP contribution in [0.3, 0.4) is 0 Å². The fourth-order valence-corrected chi connectivity index (χ4v) is 4.98. The summed E-state index contributed by atoms with van der Waals surface area (Å²) in [6, 6.07) is 0.688. The SMILES string of the molecule is N/C(CSC1NC2CCCCC2S1)=N\O. The minimum atomic E-state index is 0.303. The van der Waals surface area contributed by atoms with Gasteiger partial charge in [-0.2, -0.15) is 0 Å². The average molecular weight is 247 g/mol. The van der Waals surface area contributed by atoms with Crippen LogP contribution in [0.15, 0.2) is 5.16 Å². The van der Waals surface area contributed by atoms with Crippen LogP contribution in [0.4, 0.5) is 0 Å². The minimum Gasteiger partial charge on any atom is -0.409 e. The van der Waals surface area contributed by atoms with Gasteiger partial charge in [0.25, 0.3) is 0 Å². The number of nitrogens with zero attached hydrogens (tertiary/aromatic N) is 1. The molecule has 2 rings (SSSR count). The summed E-state index contributed by atoms with van der Waals surface area (Å²) < 4.78 is 0.415. The fraction of sp³-hybridized carbons (Fsp3) is 0.889. The number of fused-ring (bicyclic) bond motifs is 1. The van der Waals surface area contributed by atoms with E-state index in [2.05, 4.69) is 10.5 Å². The molecule has 86 valence electrons. The number of rotatable bonds is 3. The first-order valence-corrected chi connectivity index (χ1v) is 7.28. The Morgan fingerprint density at radius 2 is 2.33 bits per heavy atom. The van der Waals surface area contributed by atoms with Crippen LogP contribution in [0, 0.1) is 0 Å². The molecule has 0 aromatic heterocycles. The van der Waals surface area contributed by atoms with Crippen LogP contribution < -0.4 is 11.1 Å². The van der Waals surface area contributed by atoms with Gasteiger partial charge in [-0.15, -0.1) is 23.5 Å². The highest BCUT2D eigenvalue weighted by atomic mass is 32.2. The lowest BCUT2D eigenvalue weighted by molar-refractivity contribution is 0.318. The molecule has 0 bridgehead atoms. The van der Waals surface area contributed by atoms with Crippen molar-refractivity contribution in [1.29, 1.82) is 0 Å². The van der Waals surface area contributed by atoms with Gasteiger partial charge in [-0.25, -0.2) is 0 Å². The van der Waals surface area contributed by atoms with Gasteiger partial charge in [0.05, 0.1) is 5.75 Å².